The smallest absolute Gasteiger partial charge is 0.246 e. The lowest BCUT2D eigenvalue weighted by atomic mass is 10.0. The number of halogens is 1. The fourth-order valence-electron chi connectivity index (χ4n) is 2.94. The Hall–Kier alpha value is -2.47. The van der Waals surface area contributed by atoms with Crippen LogP contribution < -0.4 is 5.32 Å². The van der Waals surface area contributed by atoms with Crippen LogP contribution in [0.5, 0.6) is 0 Å². The molecule has 2 amide bonds. The molecule has 0 aliphatic carbocycles. The van der Waals surface area contributed by atoms with Crippen LogP contribution in [0, 0.1) is 5.82 Å². The number of hydrogen-bond donors (Lipinski definition) is 1. The molecule has 6 heteroatoms. The number of nitrogens with zero attached hydrogens (tertiary/aromatic N) is 1. The first-order chi connectivity index (χ1) is 12.6. The number of piperidine rings is 1. The number of thiophene rings is 1. The molecular weight excluding hydrogens is 351 g/mol. The molecule has 1 aliphatic rings. The first-order valence-electron chi connectivity index (χ1n) is 8.64. The maximum atomic E-state index is 12.9. The van der Waals surface area contributed by atoms with Crippen LogP contribution in [0.15, 0.2) is 47.9 Å². The highest BCUT2D eigenvalue weighted by Crippen LogP contribution is 2.13. The largest absolute Gasteiger partial charge is 0.353 e. The number of carbonyl (C=O) groups is 2. The van der Waals surface area contributed by atoms with E-state index < -0.39 is 0 Å². The predicted molar refractivity (Wildman–Crippen MR) is 101 cm³/mol. The van der Waals surface area contributed by atoms with Gasteiger partial charge in [0.15, 0.2) is 0 Å². The summed E-state index contributed by atoms with van der Waals surface area (Å²) in [6.07, 6.45) is 5.13. The number of hydrogen-bond acceptors (Lipinski definition) is 3. The average molecular weight is 372 g/mol. The minimum absolute atomic E-state index is 0.0356. The lowest BCUT2D eigenvalue weighted by molar-refractivity contribution is -0.127. The molecule has 136 valence electrons. The summed E-state index contributed by atoms with van der Waals surface area (Å²) in [4.78, 5) is 27.1. The van der Waals surface area contributed by atoms with Gasteiger partial charge in [-0.1, -0.05) is 18.2 Å². The van der Waals surface area contributed by atoms with Gasteiger partial charge in [-0.3, -0.25) is 9.59 Å². The van der Waals surface area contributed by atoms with E-state index in [0.29, 0.717) is 19.5 Å². The Labute approximate surface area is 156 Å². The molecule has 0 bridgehead atoms. The monoisotopic (exact) mass is 372 g/mol. The van der Waals surface area contributed by atoms with E-state index in [0.717, 1.165) is 23.3 Å². The lowest BCUT2D eigenvalue weighted by Crippen LogP contribution is -2.46. The molecule has 2 heterocycles. The van der Waals surface area contributed by atoms with Gasteiger partial charge in [0.25, 0.3) is 0 Å². The van der Waals surface area contributed by atoms with Crippen molar-refractivity contribution in [1.82, 2.24) is 10.2 Å². The molecule has 0 atom stereocenters. The summed E-state index contributed by atoms with van der Waals surface area (Å²) in [6, 6.07) is 10.0. The van der Waals surface area contributed by atoms with Gasteiger partial charge in [0, 0.05) is 30.1 Å². The van der Waals surface area contributed by atoms with Crippen LogP contribution in [0.4, 0.5) is 4.39 Å². The van der Waals surface area contributed by atoms with Crippen LogP contribution in [0.3, 0.4) is 0 Å². The third-order valence-electron chi connectivity index (χ3n) is 4.37. The van der Waals surface area contributed by atoms with E-state index in [-0.39, 0.29) is 23.7 Å². The molecule has 1 aromatic heterocycles. The highest BCUT2D eigenvalue weighted by molar-refractivity contribution is 7.10. The molecule has 2 aromatic rings. The fourth-order valence-corrected chi connectivity index (χ4v) is 3.64. The molecule has 1 saturated heterocycles. The minimum atomic E-state index is -0.295. The molecule has 26 heavy (non-hydrogen) atoms. The van der Waals surface area contributed by atoms with Crippen molar-refractivity contribution in [3.05, 3.63) is 64.1 Å². The zero-order chi connectivity index (χ0) is 18.4. The second-order valence-corrected chi connectivity index (χ2v) is 7.34. The predicted octanol–water partition coefficient (Wildman–Crippen LogP) is 3.25. The summed E-state index contributed by atoms with van der Waals surface area (Å²) in [6.45, 7) is 1.24. The Morgan fingerprint density at radius 1 is 1.19 bits per heavy atom. The molecule has 0 spiro atoms. The third kappa shape index (κ3) is 5.26. The van der Waals surface area contributed by atoms with Gasteiger partial charge in [-0.2, -0.15) is 0 Å². The van der Waals surface area contributed by atoms with E-state index in [9.17, 15) is 14.0 Å². The van der Waals surface area contributed by atoms with Crippen molar-refractivity contribution in [1.29, 1.82) is 0 Å². The SMILES string of the molecule is O=C(Cc1cccs1)NC1CCN(C(=O)C=Cc2ccc(F)cc2)CC1. The molecule has 1 aromatic carbocycles. The highest BCUT2D eigenvalue weighted by Gasteiger charge is 2.22. The molecular formula is C20H21FN2O2S. The summed E-state index contributed by atoms with van der Waals surface area (Å²) >= 11 is 1.58. The zero-order valence-electron chi connectivity index (χ0n) is 14.4. The van der Waals surface area contributed by atoms with Crippen LogP contribution in [0.2, 0.25) is 0 Å². The normalized spacial score (nSPS) is 15.3. The van der Waals surface area contributed by atoms with E-state index in [1.807, 2.05) is 17.5 Å². The van der Waals surface area contributed by atoms with Crippen molar-refractivity contribution < 1.29 is 14.0 Å². The van der Waals surface area contributed by atoms with Crippen molar-refractivity contribution >= 4 is 29.2 Å². The van der Waals surface area contributed by atoms with E-state index in [2.05, 4.69) is 5.32 Å². The Bertz CT molecular complexity index is 764. The first kappa shape index (κ1) is 18.3. The second kappa shape index (κ2) is 8.76. The van der Waals surface area contributed by atoms with Gasteiger partial charge in [-0.15, -0.1) is 11.3 Å². The van der Waals surface area contributed by atoms with E-state index >= 15 is 0 Å². The Balaban J connectivity index is 1.43. The minimum Gasteiger partial charge on any atom is -0.353 e. The average Bonchev–Trinajstić information content (AvgIpc) is 3.14. The molecule has 1 fully saturated rings. The van der Waals surface area contributed by atoms with Crippen molar-refractivity contribution in [2.75, 3.05) is 13.1 Å². The van der Waals surface area contributed by atoms with Crippen molar-refractivity contribution in [3.63, 3.8) is 0 Å². The topological polar surface area (TPSA) is 49.4 Å². The zero-order valence-corrected chi connectivity index (χ0v) is 15.2. The fraction of sp³-hybridized carbons (Fsp3) is 0.300. The highest BCUT2D eigenvalue weighted by atomic mass is 32.1. The molecule has 0 unspecified atom stereocenters. The Morgan fingerprint density at radius 2 is 1.92 bits per heavy atom. The van der Waals surface area contributed by atoms with Crippen molar-refractivity contribution in [3.8, 4) is 0 Å². The molecule has 1 aliphatic heterocycles. The van der Waals surface area contributed by atoms with Gasteiger partial charge in [-0.05, 0) is 48.1 Å². The molecule has 4 nitrogen and oxygen atoms in total. The van der Waals surface area contributed by atoms with E-state index in [4.69, 9.17) is 0 Å². The van der Waals surface area contributed by atoms with Gasteiger partial charge in [0.1, 0.15) is 5.82 Å². The molecule has 0 radical (unpaired) electrons. The number of benzene rings is 1. The van der Waals surface area contributed by atoms with Crippen molar-refractivity contribution in [2.45, 2.75) is 25.3 Å². The number of likely N-dealkylation sites (tertiary alicyclic amines) is 1. The van der Waals surface area contributed by atoms with Crippen LogP contribution in [0.1, 0.15) is 23.3 Å². The standard InChI is InChI=1S/C20H21FN2O2S/c21-16-6-3-15(4-7-16)5-8-20(25)23-11-9-17(10-12-23)22-19(24)14-18-2-1-13-26-18/h1-8,13,17H,9-12,14H2,(H,22,24). The number of carbonyl (C=O) groups excluding carboxylic acids is 2. The van der Waals surface area contributed by atoms with Crippen LogP contribution in [0.25, 0.3) is 6.08 Å². The number of rotatable bonds is 5. The molecule has 1 N–H and O–H groups in total. The van der Waals surface area contributed by atoms with E-state index in [1.165, 1.54) is 18.2 Å². The third-order valence-corrected chi connectivity index (χ3v) is 5.25. The molecule has 3 rings (SSSR count). The van der Waals surface area contributed by atoms with Gasteiger partial charge < -0.3 is 10.2 Å². The van der Waals surface area contributed by atoms with Gasteiger partial charge in [-0.25, -0.2) is 4.39 Å². The van der Waals surface area contributed by atoms with Crippen LogP contribution >= 0.6 is 11.3 Å². The van der Waals surface area contributed by atoms with Gasteiger partial charge in [0.2, 0.25) is 11.8 Å². The summed E-state index contributed by atoms with van der Waals surface area (Å²) in [7, 11) is 0. The number of nitrogens with one attached hydrogen (secondary N) is 1. The van der Waals surface area contributed by atoms with Gasteiger partial charge in [0.05, 0.1) is 6.42 Å². The first-order valence-corrected chi connectivity index (χ1v) is 9.52. The lowest BCUT2D eigenvalue weighted by Gasteiger charge is -2.31. The quantitative estimate of drug-likeness (QED) is 0.819. The summed E-state index contributed by atoms with van der Waals surface area (Å²) in [5, 5.41) is 5.02. The van der Waals surface area contributed by atoms with Crippen molar-refractivity contribution in [2.24, 2.45) is 0 Å². The maximum absolute atomic E-state index is 12.9. The molecule has 0 saturated carbocycles. The summed E-state index contributed by atoms with van der Waals surface area (Å²) < 4.78 is 12.9. The van der Waals surface area contributed by atoms with Crippen LogP contribution in [-0.4, -0.2) is 35.8 Å². The van der Waals surface area contributed by atoms with Crippen LogP contribution in [-0.2, 0) is 16.0 Å². The maximum Gasteiger partial charge on any atom is 0.246 e. The second-order valence-electron chi connectivity index (χ2n) is 6.31. The number of amides is 2. The Morgan fingerprint density at radius 3 is 2.58 bits per heavy atom. The van der Waals surface area contributed by atoms with Gasteiger partial charge >= 0.3 is 0 Å². The Kier molecular flexibility index (Phi) is 6.17. The summed E-state index contributed by atoms with van der Waals surface area (Å²) in [5.41, 5.74) is 0.787. The summed E-state index contributed by atoms with van der Waals surface area (Å²) in [5.74, 6) is -0.317. The van der Waals surface area contributed by atoms with E-state index in [1.54, 1.807) is 34.4 Å².